The van der Waals surface area contributed by atoms with Gasteiger partial charge in [0.1, 0.15) is 17.6 Å². The highest BCUT2D eigenvalue weighted by atomic mass is 16.5. The van der Waals surface area contributed by atoms with E-state index in [0.29, 0.717) is 35.6 Å². The number of aliphatic carboxylic acids is 1. The van der Waals surface area contributed by atoms with E-state index >= 15 is 0 Å². The molecule has 1 saturated carbocycles. The molecule has 7 heteroatoms. The molecule has 4 rings (SSSR count). The number of carboxylic acids is 1. The van der Waals surface area contributed by atoms with E-state index in [1.807, 2.05) is 37.3 Å². The summed E-state index contributed by atoms with van der Waals surface area (Å²) in [5, 5.41) is 16.4. The third kappa shape index (κ3) is 7.79. The van der Waals surface area contributed by atoms with Crippen molar-refractivity contribution in [2.24, 2.45) is 5.41 Å². The van der Waals surface area contributed by atoms with Gasteiger partial charge in [0.05, 0.1) is 6.61 Å². The van der Waals surface area contributed by atoms with Gasteiger partial charge < -0.3 is 20.5 Å². The number of nitrogens with one attached hydrogen (secondary N) is 2. The first kappa shape index (κ1) is 29.0. The third-order valence-corrected chi connectivity index (χ3v) is 7.35. The lowest BCUT2D eigenvalue weighted by Crippen LogP contribution is -2.32. The molecule has 0 heterocycles. The van der Waals surface area contributed by atoms with Crippen LogP contribution in [0.15, 0.2) is 78.9 Å². The quantitative estimate of drug-likeness (QED) is 0.152. The molecule has 0 saturated heterocycles. The molecular weight excluding hydrogens is 504 g/mol. The number of benzene rings is 3. The molecule has 0 amide bonds. The van der Waals surface area contributed by atoms with Gasteiger partial charge in [0.2, 0.25) is 0 Å². The lowest BCUT2D eigenvalue weighted by molar-refractivity contribution is -0.137. The van der Waals surface area contributed by atoms with E-state index in [2.05, 4.69) is 10.6 Å². The first-order valence-electron chi connectivity index (χ1n) is 14.1. The number of para-hydroxylation sites is 1. The summed E-state index contributed by atoms with van der Waals surface area (Å²) in [6, 6.07) is 22.4. The first-order valence-corrected chi connectivity index (χ1v) is 14.1. The van der Waals surface area contributed by atoms with E-state index in [1.165, 1.54) is 0 Å². The molecule has 3 N–H and O–H groups in total. The molecule has 1 atom stereocenters. The van der Waals surface area contributed by atoms with Crippen molar-refractivity contribution >= 4 is 23.2 Å². The van der Waals surface area contributed by atoms with Gasteiger partial charge in [-0.05, 0) is 62.1 Å². The SMILES string of the molecule is CCCC(=O)C1(CNCCCOc2ccc(CC(Nc3ccccc3C(=O)c3ccccc3)C(=O)O)cc2)CC1. The molecule has 1 aliphatic carbocycles. The fourth-order valence-corrected chi connectivity index (χ4v) is 4.81. The highest BCUT2D eigenvalue weighted by Crippen LogP contribution is 2.46. The lowest BCUT2D eigenvalue weighted by atomic mass is 9.97. The topological polar surface area (TPSA) is 105 Å². The molecule has 1 unspecified atom stereocenters. The van der Waals surface area contributed by atoms with Crippen molar-refractivity contribution in [2.75, 3.05) is 25.0 Å². The van der Waals surface area contributed by atoms with Crippen LogP contribution in [0.25, 0.3) is 0 Å². The van der Waals surface area contributed by atoms with Crippen LogP contribution in [-0.2, 0) is 16.0 Å². The van der Waals surface area contributed by atoms with Crippen molar-refractivity contribution < 1.29 is 24.2 Å². The van der Waals surface area contributed by atoms with Gasteiger partial charge in [0, 0.05) is 41.6 Å². The average Bonchev–Trinajstić information content (AvgIpc) is 3.77. The predicted molar refractivity (Wildman–Crippen MR) is 156 cm³/mol. The zero-order valence-electron chi connectivity index (χ0n) is 23.0. The first-order chi connectivity index (χ1) is 19.4. The lowest BCUT2D eigenvalue weighted by Gasteiger charge is -2.18. The molecular formula is C33H38N2O5. The zero-order chi connectivity index (χ0) is 28.4. The number of carbonyl (C=O) groups excluding carboxylic acids is 2. The second kappa shape index (κ2) is 13.9. The maximum atomic E-state index is 13.0. The van der Waals surface area contributed by atoms with Crippen LogP contribution in [0.1, 0.15) is 60.5 Å². The van der Waals surface area contributed by atoms with E-state index in [1.54, 1.807) is 48.5 Å². The fourth-order valence-electron chi connectivity index (χ4n) is 4.81. The highest BCUT2D eigenvalue weighted by molar-refractivity contribution is 6.12. The van der Waals surface area contributed by atoms with Crippen LogP contribution in [0.2, 0.25) is 0 Å². The molecule has 3 aromatic carbocycles. The molecule has 1 aliphatic rings. The number of hydrogen-bond acceptors (Lipinski definition) is 6. The van der Waals surface area contributed by atoms with Crippen molar-refractivity contribution in [2.45, 2.75) is 51.5 Å². The summed E-state index contributed by atoms with van der Waals surface area (Å²) in [7, 11) is 0. The highest BCUT2D eigenvalue weighted by Gasteiger charge is 2.47. The van der Waals surface area contributed by atoms with Gasteiger partial charge in [-0.15, -0.1) is 0 Å². The summed E-state index contributed by atoms with van der Waals surface area (Å²) in [6.07, 6.45) is 4.64. The number of rotatable bonds is 17. The van der Waals surface area contributed by atoms with Crippen LogP contribution in [0.3, 0.4) is 0 Å². The summed E-state index contributed by atoms with van der Waals surface area (Å²) >= 11 is 0. The van der Waals surface area contributed by atoms with Crippen LogP contribution in [0, 0.1) is 5.41 Å². The summed E-state index contributed by atoms with van der Waals surface area (Å²) in [5.74, 6) is -0.0519. The van der Waals surface area contributed by atoms with Crippen LogP contribution in [-0.4, -0.2) is 48.4 Å². The van der Waals surface area contributed by atoms with Crippen LogP contribution < -0.4 is 15.4 Å². The molecule has 7 nitrogen and oxygen atoms in total. The van der Waals surface area contributed by atoms with Gasteiger partial charge in [0.25, 0.3) is 0 Å². The van der Waals surface area contributed by atoms with Crippen molar-refractivity contribution in [1.29, 1.82) is 0 Å². The van der Waals surface area contributed by atoms with E-state index in [9.17, 15) is 19.5 Å². The largest absolute Gasteiger partial charge is 0.494 e. The number of ketones is 2. The van der Waals surface area contributed by atoms with Gasteiger partial charge >= 0.3 is 5.97 Å². The number of hydrogen-bond donors (Lipinski definition) is 3. The van der Waals surface area contributed by atoms with Crippen LogP contribution in [0.4, 0.5) is 5.69 Å². The monoisotopic (exact) mass is 542 g/mol. The van der Waals surface area contributed by atoms with Crippen molar-refractivity contribution in [3.63, 3.8) is 0 Å². The second-order valence-corrected chi connectivity index (χ2v) is 10.5. The minimum absolute atomic E-state index is 0.116. The summed E-state index contributed by atoms with van der Waals surface area (Å²) in [6.45, 7) is 4.14. The number of carbonyl (C=O) groups is 3. The van der Waals surface area contributed by atoms with E-state index in [-0.39, 0.29) is 17.6 Å². The van der Waals surface area contributed by atoms with Gasteiger partial charge in [0.15, 0.2) is 5.78 Å². The Bertz CT molecular complexity index is 1290. The van der Waals surface area contributed by atoms with Crippen LogP contribution in [0.5, 0.6) is 5.75 Å². The maximum absolute atomic E-state index is 13.0. The van der Waals surface area contributed by atoms with Gasteiger partial charge in [-0.25, -0.2) is 4.79 Å². The molecule has 3 aromatic rings. The zero-order valence-corrected chi connectivity index (χ0v) is 23.0. The molecule has 0 bridgehead atoms. The van der Waals surface area contributed by atoms with Crippen LogP contribution >= 0.6 is 0 Å². The number of anilines is 1. The molecule has 40 heavy (non-hydrogen) atoms. The predicted octanol–water partition coefficient (Wildman–Crippen LogP) is 5.53. The maximum Gasteiger partial charge on any atom is 0.326 e. The van der Waals surface area contributed by atoms with E-state index in [4.69, 9.17) is 4.74 Å². The Labute approximate surface area is 236 Å². The van der Waals surface area contributed by atoms with Crippen molar-refractivity contribution in [3.05, 3.63) is 95.6 Å². The van der Waals surface area contributed by atoms with E-state index in [0.717, 1.165) is 50.1 Å². The molecule has 0 aliphatic heterocycles. The van der Waals surface area contributed by atoms with Gasteiger partial charge in [-0.1, -0.05) is 61.5 Å². The summed E-state index contributed by atoms with van der Waals surface area (Å²) in [5.41, 5.74) is 2.18. The molecule has 0 spiro atoms. The normalized spacial score (nSPS) is 14.2. The minimum Gasteiger partial charge on any atom is -0.494 e. The number of Topliss-reactive ketones (excluding diaryl/α,β-unsaturated/α-hetero) is 1. The van der Waals surface area contributed by atoms with Crippen molar-refractivity contribution in [1.82, 2.24) is 5.32 Å². The molecule has 0 radical (unpaired) electrons. The third-order valence-electron chi connectivity index (χ3n) is 7.35. The molecule has 0 aromatic heterocycles. The van der Waals surface area contributed by atoms with E-state index < -0.39 is 12.0 Å². The Hall–Kier alpha value is -3.97. The standard InChI is InChI=1S/C33H38N2O5/c1-2-9-30(36)33(18-19-33)23-34-20-8-21-40-26-16-14-24(15-17-26)22-29(32(38)39)35-28-13-7-6-12-27(28)31(37)25-10-4-3-5-11-25/h3-7,10-17,29,34-35H,2,8-9,18-23H2,1H3,(H,38,39). The smallest absolute Gasteiger partial charge is 0.326 e. The van der Waals surface area contributed by atoms with Gasteiger partial charge in [-0.3, -0.25) is 9.59 Å². The number of ether oxygens (including phenoxy) is 1. The Morgan fingerprint density at radius 1 is 0.950 bits per heavy atom. The molecule has 210 valence electrons. The Balaban J connectivity index is 1.26. The Morgan fingerprint density at radius 2 is 1.65 bits per heavy atom. The fraction of sp³-hybridized carbons (Fsp3) is 0.364. The van der Waals surface area contributed by atoms with Gasteiger partial charge in [-0.2, -0.15) is 0 Å². The summed E-state index contributed by atoms with van der Waals surface area (Å²) < 4.78 is 5.85. The minimum atomic E-state index is -1.00. The Kier molecular flexibility index (Phi) is 10.1. The average molecular weight is 543 g/mol. The Morgan fingerprint density at radius 3 is 2.33 bits per heavy atom. The molecule has 1 fully saturated rings. The second-order valence-electron chi connectivity index (χ2n) is 10.5. The van der Waals surface area contributed by atoms with Crippen molar-refractivity contribution in [3.8, 4) is 5.75 Å². The number of carboxylic acid groups (broad SMARTS) is 1. The summed E-state index contributed by atoms with van der Waals surface area (Å²) in [4.78, 5) is 37.4.